The van der Waals surface area contributed by atoms with Gasteiger partial charge in [0.2, 0.25) is 5.91 Å². The number of benzene rings is 5. The highest BCUT2D eigenvalue weighted by Crippen LogP contribution is 2.37. The molecule has 49 heavy (non-hydrogen) atoms. The molecule has 0 heterocycles. The first-order valence-electron chi connectivity index (χ1n) is 14.9. The zero-order valence-corrected chi connectivity index (χ0v) is 27.6. The third kappa shape index (κ3) is 9.38. The van der Waals surface area contributed by atoms with Crippen molar-refractivity contribution in [2.24, 2.45) is 0 Å². The normalized spacial score (nSPS) is 11.6. The summed E-state index contributed by atoms with van der Waals surface area (Å²) in [5, 5.41) is 17.2. The molecule has 9 nitrogen and oxygen atoms in total. The van der Waals surface area contributed by atoms with Gasteiger partial charge in [0.25, 0.3) is 11.8 Å². The summed E-state index contributed by atoms with van der Waals surface area (Å²) in [6.45, 7) is 0. The van der Waals surface area contributed by atoms with Gasteiger partial charge in [-0.2, -0.15) is 0 Å². The van der Waals surface area contributed by atoms with Gasteiger partial charge in [-0.1, -0.05) is 78.3 Å². The Kier molecular flexibility index (Phi) is 11.5. The van der Waals surface area contributed by atoms with Crippen molar-refractivity contribution in [3.63, 3.8) is 0 Å². The minimum Gasteiger partial charge on any atom is -0.497 e. The summed E-state index contributed by atoms with van der Waals surface area (Å²) in [6.07, 6.45) is 1.57. The summed E-state index contributed by atoms with van der Waals surface area (Å²) in [5.41, 5.74) is 2.35. The van der Waals surface area contributed by atoms with Crippen molar-refractivity contribution < 1.29 is 29.0 Å². The molecule has 5 aromatic rings. The number of rotatable bonds is 12. The number of anilines is 2. The molecule has 0 aromatic heterocycles. The standard InChI is InChI=1S/C38H30ClN3O6S/c1-48-29-18-15-24(16-19-29)21-33(42-35(43)26-11-6-3-7-12-26)36(44)40-27-13-8-14-30(22-27)49-34(25-9-4-2-5-10-25)37(45)41-28-17-20-32(39)31(23-28)38(46)47/h2-23,34H,1H3,(H,40,44)(H,41,45)(H,42,43)(H,46,47)/b33-21+. The number of ether oxygens (including phenoxy) is 1. The number of halogens is 1. The maximum absolute atomic E-state index is 13.6. The van der Waals surface area contributed by atoms with Gasteiger partial charge in [0.15, 0.2) is 0 Å². The highest BCUT2D eigenvalue weighted by atomic mass is 35.5. The average Bonchev–Trinajstić information content (AvgIpc) is 3.12. The van der Waals surface area contributed by atoms with Crippen molar-refractivity contribution in [2.45, 2.75) is 10.1 Å². The lowest BCUT2D eigenvalue weighted by atomic mass is 10.1. The van der Waals surface area contributed by atoms with Crippen LogP contribution in [0.1, 0.15) is 37.1 Å². The predicted octanol–water partition coefficient (Wildman–Crippen LogP) is 7.93. The SMILES string of the molecule is COc1ccc(/C=C(/NC(=O)c2ccccc2)C(=O)Nc2cccc(SC(C(=O)Nc3ccc(Cl)c(C(=O)O)c3)c3ccccc3)c2)cc1. The van der Waals surface area contributed by atoms with Gasteiger partial charge in [0.1, 0.15) is 16.7 Å². The molecule has 0 aliphatic heterocycles. The number of hydrogen-bond acceptors (Lipinski definition) is 6. The van der Waals surface area contributed by atoms with E-state index < -0.39 is 28.9 Å². The number of hydrogen-bond donors (Lipinski definition) is 4. The first-order valence-corrected chi connectivity index (χ1v) is 16.1. The molecule has 0 aliphatic carbocycles. The van der Waals surface area contributed by atoms with Crippen LogP contribution in [0.5, 0.6) is 5.75 Å². The average molecular weight is 692 g/mol. The summed E-state index contributed by atoms with van der Waals surface area (Å²) < 4.78 is 5.23. The number of carbonyl (C=O) groups excluding carboxylic acids is 3. The zero-order valence-electron chi connectivity index (χ0n) is 26.1. The smallest absolute Gasteiger partial charge is 0.337 e. The Bertz CT molecular complexity index is 2000. The van der Waals surface area contributed by atoms with Crippen molar-refractivity contribution in [3.05, 3.63) is 160 Å². The van der Waals surface area contributed by atoms with Gasteiger partial charge in [0, 0.05) is 21.8 Å². The molecule has 0 spiro atoms. The van der Waals surface area contributed by atoms with Gasteiger partial charge < -0.3 is 25.8 Å². The minimum absolute atomic E-state index is 0.0160. The largest absolute Gasteiger partial charge is 0.497 e. The van der Waals surface area contributed by atoms with Crippen LogP contribution >= 0.6 is 23.4 Å². The van der Waals surface area contributed by atoms with Crippen LogP contribution in [0, 0.1) is 0 Å². The van der Waals surface area contributed by atoms with Crippen LogP contribution in [0.2, 0.25) is 5.02 Å². The Morgan fingerprint density at radius 3 is 2.12 bits per heavy atom. The van der Waals surface area contributed by atoms with Crippen LogP contribution in [0.3, 0.4) is 0 Å². The number of methoxy groups -OCH3 is 1. The highest BCUT2D eigenvalue weighted by molar-refractivity contribution is 8.00. The molecule has 1 unspecified atom stereocenters. The van der Waals surface area contributed by atoms with Gasteiger partial charge in [-0.3, -0.25) is 14.4 Å². The van der Waals surface area contributed by atoms with E-state index in [-0.39, 0.29) is 22.0 Å². The molecule has 3 amide bonds. The maximum Gasteiger partial charge on any atom is 0.337 e. The fraction of sp³-hybridized carbons (Fsp3) is 0.0526. The lowest BCUT2D eigenvalue weighted by Gasteiger charge is -2.18. The summed E-state index contributed by atoms with van der Waals surface area (Å²) in [6, 6.07) is 35.9. The van der Waals surface area contributed by atoms with Crippen LogP contribution in [0.4, 0.5) is 11.4 Å². The van der Waals surface area contributed by atoms with Gasteiger partial charge in [-0.25, -0.2) is 4.79 Å². The fourth-order valence-corrected chi connectivity index (χ4v) is 5.95. The molecule has 246 valence electrons. The Labute approximate surface area is 292 Å². The van der Waals surface area contributed by atoms with Crippen molar-refractivity contribution in [1.29, 1.82) is 0 Å². The van der Waals surface area contributed by atoms with Crippen LogP contribution in [-0.4, -0.2) is 35.9 Å². The molecule has 11 heteroatoms. The molecule has 5 rings (SSSR count). The number of carbonyl (C=O) groups is 4. The first-order chi connectivity index (χ1) is 23.7. The number of thioether (sulfide) groups is 1. The number of aromatic carboxylic acids is 1. The number of amides is 3. The summed E-state index contributed by atoms with van der Waals surface area (Å²) >= 11 is 7.26. The van der Waals surface area contributed by atoms with E-state index in [0.29, 0.717) is 33.0 Å². The topological polar surface area (TPSA) is 134 Å². The van der Waals surface area contributed by atoms with Crippen molar-refractivity contribution in [2.75, 3.05) is 17.7 Å². The molecule has 1 atom stereocenters. The first kappa shape index (κ1) is 34.5. The Morgan fingerprint density at radius 2 is 1.45 bits per heavy atom. The molecule has 0 saturated heterocycles. The third-order valence-electron chi connectivity index (χ3n) is 7.11. The molecule has 4 N–H and O–H groups in total. The Hall–Kier alpha value is -5.84. The molecule has 0 aliphatic rings. The fourth-order valence-electron chi connectivity index (χ4n) is 4.67. The second-order valence-corrected chi connectivity index (χ2v) is 12.1. The lowest BCUT2D eigenvalue weighted by Crippen LogP contribution is -2.30. The molecule has 0 radical (unpaired) electrons. The quantitative estimate of drug-likeness (QED) is 0.0771. The lowest BCUT2D eigenvalue weighted by molar-refractivity contribution is -0.116. The van der Waals surface area contributed by atoms with Crippen LogP contribution in [0.25, 0.3) is 6.08 Å². The molecule has 5 aromatic carbocycles. The maximum atomic E-state index is 13.6. The molecular formula is C38H30ClN3O6S. The molecular weight excluding hydrogens is 662 g/mol. The monoisotopic (exact) mass is 691 g/mol. The van der Waals surface area contributed by atoms with Crippen molar-refractivity contribution in [3.8, 4) is 5.75 Å². The van der Waals surface area contributed by atoms with E-state index in [9.17, 15) is 24.3 Å². The number of carboxylic acid groups (broad SMARTS) is 1. The minimum atomic E-state index is -1.21. The van der Waals surface area contributed by atoms with E-state index in [4.69, 9.17) is 16.3 Å². The van der Waals surface area contributed by atoms with Crippen molar-refractivity contribution >= 4 is 64.5 Å². The van der Waals surface area contributed by atoms with Crippen LogP contribution in [0.15, 0.2) is 138 Å². The number of carboxylic acids is 1. The highest BCUT2D eigenvalue weighted by Gasteiger charge is 2.23. The zero-order chi connectivity index (χ0) is 34.8. The van der Waals surface area contributed by atoms with E-state index >= 15 is 0 Å². The third-order valence-corrected chi connectivity index (χ3v) is 8.68. The van der Waals surface area contributed by atoms with E-state index in [0.717, 1.165) is 0 Å². The second kappa shape index (κ2) is 16.3. The van der Waals surface area contributed by atoms with E-state index in [1.807, 2.05) is 30.3 Å². The van der Waals surface area contributed by atoms with Crippen LogP contribution < -0.4 is 20.7 Å². The van der Waals surface area contributed by atoms with E-state index in [2.05, 4.69) is 16.0 Å². The van der Waals surface area contributed by atoms with E-state index in [1.54, 1.807) is 92.0 Å². The van der Waals surface area contributed by atoms with E-state index in [1.165, 1.54) is 30.0 Å². The summed E-state index contributed by atoms with van der Waals surface area (Å²) in [7, 11) is 1.56. The van der Waals surface area contributed by atoms with Crippen LogP contribution in [-0.2, 0) is 9.59 Å². The summed E-state index contributed by atoms with van der Waals surface area (Å²) in [4.78, 5) is 52.6. The molecule has 0 fully saturated rings. The van der Waals surface area contributed by atoms with Gasteiger partial charge in [-0.15, -0.1) is 11.8 Å². The molecule has 0 saturated carbocycles. The Balaban J connectivity index is 1.38. The second-order valence-electron chi connectivity index (χ2n) is 10.5. The van der Waals surface area contributed by atoms with Gasteiger partial charge >= 0.3 is 5.97 Å². The van der Waals surface area contributed by atoms with Crippen molar-refractivity contribution in [1.82, 2.24) is 5.32 Å². The number of nitrogens with one attached hydrogen (secondary N) is 3. The summed E-state index contributed by atoms with van der Waals surface area (Å²) in [5.74, 6) is -1.97. The van der Waals surface area contributed by atoms with Gasteiger partial charge in [0.05, 0.1) is 17.7 Å². The van der Waals surface area contributed by atoms with Gasteiger partial charge in [-0.05, 0) is 77.9 Å². The molecule has 0 bridgehead atoms. The Morgan fingerprint density at radius 1 is 0.776 bits per heavy atom. The predicted molar refractivity (Wildman–Crippen MR) is 192 cm³/mol.